The van der Waals surface area contributed by atoms with Crippen LogP contribution in [0.3, 0.4) is 0 Å². The molecule has 0 aromatic heterocycles. The van der Waals surface area contributed by atoms with Crippen molar-refractivity contribution in [1.82, 2.24) is 4.31 Å². The van der Waals surface area contributed by atoms with Gasteiger partial charge >= 0.3 is 0 Å². The van der Waals surface area contributed by atoms with Gasteiger partial charge in [0.1, 0.15) is 11.5 Å². The standard InChI is InChI=1S/C23H30N2O5S/c1-18-8-9-19(17-22(18)31(27,28)25-14-4-3-5-15-25)24-23(26)7-6-16-30-21-12-10-20(29-2)11-13-21/h8-13,17H,3-7,14-16H2,1-2H3,(H,24,26). The van der Waals surface area contributed by atoms with E-state index in [0.717, 1.165) is 25.0 Å². The highest BCUT2D eigenvalue weighted by atomic mass is 32.2. The molecule has 2 aromatic carbocycles. The van der Waals surface area contributed by atoms with Crippen molar-refractivity contribution in [3.63, 3.8) is 0 Å². The first-order valence-corrected chi connectivity index (χ1v) is 12.0. The maximum Gasteiger partial charge on any atom is 0.243 e. The minimum atomic E-state index is -3.55. The molecule has 0 unspecified atom stereocenters. The first-order valence-electron chi connectivity index (χ1n) is 10.6. The van der Waals surface area contributed by atoms with E-state index in [1.54, 1.807) is 36.5 Å². The van der Waals surface area contributed by atoms with Gasteiger partial charge in [-0.05, 0) is 68.1 Å². The van der Waals surface area contributed by atoms with E-state index in [9.17, 15) is 13.2 Å². The number of benzene rings is 2. The van der Waals surface area contributed by atoms with Crippen molar-refractivity contribution in [1.29, 1.82) is 0 Å². The maximum absolute atomic E-state index is 13.0. The molecule has 168 valence electrons. The van der Waals surface area contributed by atoms with Crippen LogP contribution in [0.15, 0.2) is 47.4 Å². The van der Waals surface area contributed by atoms with Crippen LogP contribution in [0, 0.1) is 6.92 Å². The van der Waals surface area contributed by atoms with Crippen LogP contribution in [0.25, 0.3) is 0 Å². The van der Waals surface area contributed by atoms with E-state index in [1.165, 1.54) is 0 Å². The number of nitrogens with zero attached hydrogens (tertiary/aromatic N) is 1. The third kappa shape index (κ3) is 6.21. The summed E-state index contributed by atoms with van der Waals surface area (Å²) in [5.74, 6) is 1.29. The monoisotopic (exact) mass is 446 g/mol. The van der Waals surface area contributed by atoms with Crippen LogP contribution >= 0.6 is 0 Å². The Morgan fingerprint density at radius 1 is 1.03 bits per heavy atom. The normalized spacial score (nSPS) is 14.8. The van der Waals surface area contributed by atoms with Crippen LogP contribution in [0.4, 0.5) is 5.69 Å². The number of hydrogen-bond donors (Lipinski definition) is 1. The molecular weight excluding hydrogens is 416 g/mol. The van der Waals surface area contributed by atoms with Crippen LogP contribution in [0.2, 0.25) is 0 Å². The first kappa shape index (κ1) is 23.1. The SMILES string of the molecule is COc1ccc(OCCCC(=O)Nc2ccc(C)c(S(=O)(=O)N3CCCCC3)c2)cc1. The molecule has 3 rings (SSSR count). The molecule has 0 spiro atoms. The van der Waals surface area contributed by atoms with E-state index >= 15 is 0 Å². The van der Waals surface area contributed by atoms with Gasteiger partial charge in [0.05, 0.1) is 18.6 Å². The minimum Gasteiger partial charge on any atom is -0.497 e. The van der Waals surface area contributed by atoms with Gasteiger partial charge in [0.25, 0.3) is 0 Å². The number of piperidine rings is 1. The summed E-state index contributed by atoms with van der Waals surface area (Å²) in [4.78, 5) is 12.6. The first-order chi connectivity index (χ1) is 14.9. The molecule has 0 radical (unpaired) electrons. The van der Waals surface area contributed by atoms with Crippen molar-refractivity contribution >= 4 is 21.6 Å². The zero-order chi connectivity index (χ0) is 22.3. The fraction of sp³-hybridized carbons (Fsp3) is 0.435. The second-order valence-electron chi connectivity index (χ2n) is 7.62. The highest BCUT2D eigenvalue weighted by Gasteiger charge is 2.27. The van der Waals surface area contributed by atoms with E-state index in [0.29, 0.717) is 43.1 Å². The highest BCUT2D eigenvalue weighted by molar-refractivity contribution is 7.89. The third-order valence-corrected chi connectivity index (χ3v) is 7.32. The summed E-state index contributed by atoms with van der Waals surface area (Å²) in [6.45, 7) is 3.28. The summed E-state index contributed by atoms with van der Waals surface area (Å²) in [7, 11) is -1.95. The average Bonchev–Trinajstić information content (AvgIpc) is 2.79. The molecule has 8 heteroatoms. The maximum atomic E-state index is 13.0. The van der Waals surface area contributed by atoms with Gasteiger partial charge in [-0.1, -0.05) is 12.5 Å². The topological polar surface area (TPSA) is 84.9 Å². The van der Waals surface area contributed by atoms with Crippen molar-refractivity contribution in [2.24, 2.45) is 0 Å². The Kier molecular flexibility index (Phi) is 7.92. The lowest BCUT2D eigenvalue weighted by Crippen LogP contribution is -2.36. The average molecular weight is 447 g/mol. The molecule has 1 heterocycles. The summed E-state index contributed by atoms with van der Waals surface area (Å²) >= 11 is 0. The van der Waals surface area contributed by atoms with Gasteiger partial charge in [0.15, 0.2) is 0 Å². The number of rotatable bonds is 9. The number of ether oxygens (including phenoxy) is 2. The zero-order valence-electron chi connectivity index (χ0n) is 18.1. The summed E-state index contributed by atoms with van der Waals surface area (Å²) in [6, 6.07) is 12.3. The van der Waals surface area contributed by atoms with Gasteiger partial charge in [-0.3, -0.25) is 4.79 Å². The molecule has 2 aromatic rings. The molecule has 0 bridgehead atoms. The number of sulfonamides is 1. The second kappa shape index (κ2) is 10.6. The van der Waals surface area contributed by atoms with Gasteiger partial charge in [-0.2, -0.15) is 4.31 Å². The van der Waals surface area contributed by atoms with Crippen molar-refractivity contribution in [3.05, 3.63) is 48.0 Å². The Morgan fingerprint density at radius 3 is 2.39 bits per heavy atom. The molecule has 0 saturated carbocycles. The number of carbonyl (C=O) groups is 1. The number of methoxy groups -OCH3 is 1. The van der Waals surface area contributed by atoms with Gasteiger partial charge in [-0.25, -0.2) is 8.42 Å². The molecule has 1 N–H and O–H groups in total. The van der Waals surface area contributed by atoms with Crippen molar-refractivity contribution < 1.29 is 22.7 Å². The molecule has 1 saturated heterocycles. The Labute approximate surface area is 184 Å². The largest absolute Gasteiger partial charge is 0.497 e. The number of nitrogens with one attached hydrogen (secondary N) is 1. The fourth-order valence-corrected chi connectivity index (χ4v) is 5.29. The minimum absolute atomic E-state index is 0.177. The van der Waals surface area contributed by atoms with Crippen molar-refractivity contribution in [3.8, 4) is 11.5 Å². The Hall–Kier alpha value is -2.58. The van der Waals surface area contributed by atoms with E-state index < -0.39 is 10.0 Å². The van der Waals surface area contributed by atoms with Crippen LogP contribution < -0.4 is 14.8 Å². The third-order valence-electron chi connectivity index (χ3n) is 5.28. The lowest BCUT2D eigenvalue weighted by molar-refractivity contribution is -0.116. The molecule has 0 atom stereocenters. The number of hydrogen-bond acceptors (Lipinski definition) is 5. The van der Waals surface area contributed by atoms with E-state index in [4.69, 9.17) is 9.47 Å². The molecular formula is C23H30N2O5S. The quantitative estimate of drug-likeness (QED) is 0.589. The van der Waals surface area contributed by atoms with Crippen molar-refractivity contribution in [2.75, 3.05) is 32.1 Å². The Bertz CT molecular complexity index is 984. The van der Waals surface area contributed by atoms with Crippen LogP contribution in [-0.4, -0.2) is 45.4 Å². The van der Waals surface area contributed by atoms with Crippen LogP contribution in [-0.2, 0) is 14.8 Å². The van der Waals surface area contributed by atoms with Crippen LogP contribution in [0.5, 0.6) is 11.5 Å². The number of carbonyl (C=O) groups excluding carboxylic acids is 1. The predicted octanol–water partition coefficient (Wildman–Crippen LogP) is 3.98. The zero-order valence-corrected chi connectivity index (χ0v) is 18.9. The number of amides is 1. The summed E-state index contributed by atoms with van der Waals surface area (Å²) in [5.41, 5.74) is 1.17. The summed E-state index contributed by atoms with van der Waals surface area (Å²) in [6.07, 6.45) is 3.64. The summed E-state index contributed by atoms with van der Waals surface area (Å²) in [5, 5.41) is 2.80. The highest BCUT2D eigenvalue weighted by Crippen LogP contribution is 2.26. The molecule has 31 heavy (non-hydrogen) atoms. The molecule has 1 aliphatic rings. The fourth-order valence-electron chi connectivity index (χ4n) is 3.52. The molecule has 1 aliphatic heterocycles. The molecule has 1 amide bonds. The van der Waals surface area contributed by atoms with Gasteiger partial charge in [0, 0.05) is 25.2 Å². The predicted molar refractivity (Wildman–Crippen MR) is 120 cm³/mol. The molecule has 0 aliphatic carbocycles. The molecule has 7 nitrogen and oxygen atoms in total. The smallest absolute Gasteiger partial charge is 0.243 e. The number of anilines is 1. The lowest BCUT2D eigenvalue weighted by atomic mass is 10.2. The number of aryl methyl sites for hydroxylation is 1. The van der Waals surface area contributed by atoms with E-state index in [1.807, 2.05) is 24.3 Å². The van der Waals surface area contributed by atoms with Crippen LogP contribution in [0.1, 0.15) is 37.7 Å². The van der Waals surface area contributed by atoms with E-state index in [2.05, 4.69) is 5.32 Å². The summed E-state index contributed by atoms with van der Waals surface area (Å²) < 4.78 is 38.3. The second-order valence-corrected chi connectivity index (χ2v) is 9.53. The lowest BCUT2D eigenvalue weighted by Gasteiger charge is -2.26. The Balaban J connectivity index is 1.53. The van der Waals surface area contributed by atoms with Crippen molar-refractivity contribution in [2.45, 2.75) is 43.9 Å². The Morgan fingerprint density at radius 2 is 1.71 bits per heavy atom. The molecule has 1 fully saturated rings. The van der Waals surface area contributed by atoms with Gasteiger partial charge in [0.2, 0.25) is 15.9 Å². The van der Waals surface area contributed by atoms with Gasteiger partial charge < -0.3 is 14.8 Å². The van der Waals surface area contributed by atoms with E-state index in [-0.39, 0.29) is 17.2 Å². The van der Waals surface area contributed by atoms with Gasteiger partial charge in [-0.15, -0.1) is 0 Å².